The molecule has 0 fully saturated rings. The minimum Gasteiger partial charge on any atom is -0.347 e. The van der Waals surface area contributed by atoms with Crippen LogP contribution in [-0.2, 0) is 0 Å². The average Bonchev–Trinajstić information content (AvgIpc) is 1.84. The van der Waals surface area contributed by atoms with Gasteiger partial charge in [0.1, 0.15) is 5.82 Å². The summed E-state index contributed by atoms with van der Waals surface area (Å²) < 4.78 is 0. The molecule has 2 nitrogen and oxygen atoms in total. The van der Waals surface area contributed by atoms with Crippen LogP contribution >= 0.6 is 0 Å². The van der Waals surface area contributed by atoms with Crippen molar-refractivity contribution in [2.45, 2.75) is 13.8 Å². The van der Waals surface area contributed by atoms with Gasteiger partial charge in [0.15, 0.2) is 0 Å². The fraction of sp³-hybridized carbons (Fsp3) is 0.333. The van der Waals surface area contributed by atoms with Crippen molar-refractivity contribution in [3.63, 3.8) is 0 Å². The topological polar surface area (TPSA) is 15.3 Å². The van der Waals surface area contributed by atoms with Gasteiger partial charge < -0.3 is 10.2 Å². The normalized spacial score (nSPS) is 8.64. The van der Waals surface area contributed by atoms with Gasteiger partial charge in [-0.25, -0.2) is 0 Å². The van der Waals surface area contributed by atoms with E-state index >= 15 is 0 Å². The van der Waals surface area contributed by atoms with Crippen LogP contribution in [-0.4, -0.2) is 11.9 Å². The molecule has 0 rings (SSSR count). The monoisotopic (exact) mass is 152 g/mol. The average molecular weight is 152 g/mol. The SMILES string of the molecule is C=C(C)NC(=C)N(C)C(=C)C. The molecule has 11 heavy (non-hydrogen) atoms. The molecule has 0 aliphatic rings. The lowest BCUT2D eigenvalue weighted by molar-refractivity contribution is 0.490. The predicted molar refractivity (Wildman–Crippen MR) is 49.7 cm³/mol. The van der Waals surface area contributed by atoms with Crippen LogP contribution in [0, 0.1) is 0 Å². The fourth-order valence-corrected chi connectivity index (χ4v) is 0.561. The molecule has 0 aromatic heterocycles. The lowest BCUT2D eigenvalue weighted by Gasteiger charge is -2.22. The van der Waals surface area contributed by atoms with Gasteiger partial charge in [-0.2, -0.15) is 0 Å². The minimum absolute atomic E-state index is 0.796. The number of nitrogens with one attached hydrogen (secondary N) is 1. The maximum atomic E-state index is 3.81. The molecule has 0 radical (unpaired) electrons. The summed E-state index contributed by atoms with van der Waals surface area (Å²) in [4.78, 5) is 1.87. The Labute approximate surface area is 68.9 Å². The van der Waals surface area contributed by atoms with Gasteiger partial charge in [0.2, 0.25) is 0 Å². The second-order valence-corrected chi connectivity index (χ2v) is 2.65. The number of hydrogen-bond acceptors (Lipinski definition) is 2. The second kappa shape index (κ2) is 3.86. The molecule has 62 valence electrons. The highest BCUT2D eigenvalue weighted by Gasteiger charge is 1.99. The molecule has 0 spiro atoms. The number of allylic oxidation sites excluding steroid dienone is 2. The number of rotatable bonds is 4. The zero-order valence-electron chi connectivity index (χ0n) is 7.57. The molecule has 0 aliphatic carbocycles. The van der Waals surface area contributed by atoms with Gasteiger partial charge in [-0.3, -0.25) is 0 Å². The molecular weight excluding hydrogens is 136 g/mol. The van der Waals surface area contributed by atoms with Crippen LogP contribution in [0.3, 0.4) is 0 Å². The standard InChI is InChI=1S/C9H16N2/c1-7(2)10-9(5)11(6)8(3)4/h10H,1,3,5H2,2,4,6H3. The largest absolute Gasteiger partial charge is 0.347 e. The summed E-state index contributed by atoms with van der Waals surface area (Å²) in [5.74, 6) is 0.796. The van der Waals surface area contributed by atoms with E-state index in [-0.39, 0.29) is 0 Å². The van der Waals surface area contributed by atoms with E-state index in [1.807, 2.05) is 25.8 Å². The molecule has 0 bridgehead atoms. The maximum absolute atomic E-state index is 3.81. The van der Waals surface area contributed by atoms with Crippen LogP contribution in [0.25, 0.3) is 0 Å². The molecular formula is C9H16N2. The van der Waals surface area contributed by atoms with E-state index in [9.17, 15) is 0 Å². The van der Waals surface area contributed by atoms with Crippen molar-refractivity contribution in [2.75, 3.05) is 7.05 Å². The van der Waals surface area contributed by atoms with Gasteiger partial charge in [-0.1, -0.05) is 19.7 Å². The fourth-order valence-electron chi connectivity index (χ4n) is 0.561. The van der Waals surface area contributed by atoms with Crippen molar-refractivity contribution in [1.29, 1.82) is 0 Å². The Hall–Kier alpha value is -1.18. The van der Waals surface area contributed by atoms with Crippen molar-refractivity contribution < 1.29 is 0 Å². The van der Waals surface area contributed by atoms with E-state index in [0.29, 0.717) is 0 Å². The lowest BCUT2D eigenvalue weighted by atomic mass is 10.4. The van der Waals surface area contributed by atoms with Crippen LogP contribution in [0.5, 0.6) is 0 Å². The molecule has 0 amide bonds. The van der Waals surface area contributed by atoms with Crippen LogP contribution in [0.1, 0.15) is 13.8 Å². The van der Waals surface area contributed by atoms with Gasteiger partial charge in [0.05, 0.1) is 0 Å². The first-order valence-electron chi connectivity index (χ1n) is 3.46. The maximum Gasteiger partial charge on any atom is 0.102 e. The van der Waals surface area contributed by atoms with Gasteiger partial charge in [0, 0.05) is 18.4 Å². The van der Waals surface area contributed by atoms with Gasteiger partial charge in [-0.15, -0.1) is 0 Å². The van der Waals surface area contributed by atoms with E-state index in [0.717, 1.165) is 17.2 Å². The summed E-state index contributed by atoms with van der Waals surface area (Å²) in [5.41, 5.74) is 1.83. The first-order chi connectivity index (χ1) is 4.95. The molecule has 0 aliphatic heterocycles. The summed E-state index contributed by atoms with van der Waals surface area (Å²) in [6, 6.07) is 0. The first-order valence-corrected chi connectivity index (χ1v) is 3.46. The first kappa shape index (κ1) is 9.82. The van der Waals surface area contributed by atoms with E-state index in [1.165, 1.54) is 0 Å². The van der Waals surface area contributed by atoms with E-state index < -0.39 is 0 Å². The van der Waals surface area contributed by atoms with Crippen LogP contribution < -0.4 is 5.32 Å². The molecule has 0 aromatic carbocycles. The molecule has 0 unspecified atom stereocenters. The Kier molecular flexibility index (Phi) is 3.45. The Morgan fingerprint density at radius 2 is 1.64 bits per heavy atom. The molecule has 0 saturated carbocycles. The van der Waals surface area contributed by atoms with Crippen LogP contribution in [0.2, 0.25) is 0 Å². The molecule has 0 saturated heterocycles. The third-order valence-electron chi connectivity index (χ3n) is 1.34. The Bertz CT molecular complexity index is 192. The summed E-state index contributed by atoms with van der Waals surface area (Å²) in [6.45, 7) is 15.1. The van der Waals surface area contributed by atoms with Crippen molar-refractivity contribution in [3.8, 4) is 0 Å². The summed E-state index contributed by atoms with van der Waals surface area (Å²) >= 11 is 0. The molecule has 2 heteroatoms. The van der Waals surface area contributed by atoms with Gasteiger partial charge in [0.25, 0.3) is 0 Å². The summed E-state index contributed by atoms with van der Waals surface area (Å²) in [5, 5.41) is 3.00. The summed E-state index contributed by atoms with van der Waals surface area (Å²) in [6.07, 6.45) is 0. The van der Waals surface area contributed by atoms with E-state index in [2.05, 4.69) is 25.1 Å². The summed E-state index contributed by atoms with van der Waals surface area (Å²) in [7, 11) is 1.90. The van der Waals surface area contributed by atoms with Crippen molar-refractivity contribution in [2.24, 2.45) is 0 Å². The minimum atomic E-state index is 0.796. The quantitative estimate of drug-likeness (QED) is 0.663. The van der Waals surface area contributed by atoms with Gasteiger partial charge >= 0.3 is 0 Å². The van der Waals surface area contributed by atoms with Crippen molar-refractivity contribution in [3.05, 3.63) is 37.0 Å². The molecule has 1 N–H and O–H groups in total. The highest BCUT2D eigenvalue weighted by Crippen LogP contribution is 2.03. The Balaban J connectivity index is 4.04. The molecule has 0 atom stereocenters. The lowest BCUT2D eigenvalue weighted by Crippen LogP contribution is -2.24. The van der Waals surface area contributed by atoms with Crippen LogP contribution in [0.4, 0.5) is 0 Å². The highest BCUT2D eigenvalue weighted by molar-refractivity contribution is 5.07. The van der Waals surface area contributed by atoms with Crippen molar-refractivity contribution in [1.82, 2.24) is 10.2 Å². The van der Waals surface area contributed by atoms with Crippen LogP contribution in [0.15, 0.2) is 37.0 Å². The zero-order chi connectivity index (χ0) is 9.02. The van der Waals surface area contributed by atoms with Crippen molar-refractivity contribution >= 4 is 0 Å². The highest BCUT2D eigenvalue weighted by atomic mass is 15.2. The third kappa shape index (κ3) is 3.50. The zero-order valence-corrected chi connectivity index (χ0v) is 7.57. The Morgan fingerprint density at radius 1 is 1.18 bits per heavy atom. The molecule has 0 aromatic rings. The predicted octanol–water partition coefficient (Wildman–Crippen LogP) is 2.05. The smallest absolute Gasteiger partial charge is 0.102 e. The molecule has 0 heterocycles. The Morgan fingerprint density at radius 3 is 1.91 bits per heavy atom. The van der Waals surface area contributed by atoms with E-state index in [4.69, 9.17) is 0 Å². The van der Waals surface area contributed by atoms with E-state index in [1.54, 1.807) is 0 Å². The third-order valence-corrected chi connectivity index (χ3v) is 1.34. The van der Waals surface area contributed by atoms with Gasteiger partial charge in [-0.05, 0) is 13.8 Å². The number of nitrogens with zero attached hydrogens (tertiary/aromatic N) is 1. The second-order valence-electron chi connectivity index (χ2n) is 2.65. The number of hydrogen-bond donors (Lipinski definition) is 1.